The van der Waals surface area contributed by atoms with Crippen LogP contribution in [-0.4, -0.2) is 45.9 Å². The Morgan fingerprint density at radius 2 is 1.92 bits per heavy atom. The Kier molecular flexibility index (Phi) is 3.91. The Morgan fingerprint density at radius 1 is 1.20 bits per heavy atom. The van der Waals surface area contributed by atoms with Crippen molar-refractivity contribution in [1.82, 2.24) is 19.7 Å². The molecular weight excluding hydrogens is 316 g/mol. The third kappa shape index (κ3) is 2.86. The molecule has 0 aliphatic carbocycles. The van der Waals surface area contributed by atoms with E-state index in [2.05, 4.69) is 56.2 Å². The lowest BCUT2D eigenvalue weighted by Crippen LogP contribution is -2.44. The van der Waals surface area contributed by atoms with Crippen molar-refractivity contribution >= 4 is 22.7 Å². The number of aromatic amines is 1. The zero-order valence-corrected chi connectivity index (χ0v) is 14.5. The van der Waals surface area contributed by atoms with Gasteiger partial charge in [-0.05, 0) is 25.0 Å². The second kappa shape index (κ2) is 6.23. The molecule has 7 heteroatoms. The van der Waals surface area contributed by atoms with Gasteiger partial charge in [0.25, 0.3) is 5.56 Å². The van der Waals surface area contributed by atoms with Gasteiger partial charge in [-0.2, -0.15) is 10.1 Å². The molecule has 1 aliphatic rings. The lowest BCUT2D eigenvalue weighted by atomic mass is 10.0. The summed E-state index contributed by atoms with van der Waals surface area (Å²) in [6.45, 7) is 1.74. The number of nitrogens with one attached hydrogen (secondary N) is 1. The first-order chi connectivity index (χ1) is 12.1. The van der Waals surface area contributed by atoms with Gasteiger partial charge in [0, 0.05) is 38.9 Å². The summed E-state index contributed by atoms with van der Waals surface area (Å²) >= 11 is 0. The van der Waals surface area contributed by atoms with Crippen LogP contribution in [0.3, 0.4) is 0 Å². The molecule has 0 amide bonds. The van der Waals surface area contributed by atoms with Crippen molar-refractivity contribution in [3.8, 4) is 0 Å². The van der Waals surface area contributed by atoms with Crippen molar-refractivity contribution in [2.75, 3.05) is 29.9 Å². The van der Waals surface area contributed by atoms with Crippen LogP contribution >= 0.6 is 0 Å². The van der Waals surface area contributed by atoms with E-state index in [9.17, 15) is 4.79 Å². The van der Waals surface area contributed by atoms with Crippen LogP contribution in [0.15, 0.2) is 41.3 Å². The van der Waals surface area contributed by atoms with Crippen LogP contribution in [0.25, 0.3) is 11.0 Å². The summed E-state index contributed by atoms with van der Waals surface area (Å²) in [5, 5.41) is 4.65. The fourth-order valence-corrected chi connectivity index (χ4v) is 3.51. The molecule has 0 atom stereocenters. The molecule has 25 heavy (non-hydrogen) atoms. The van der Waals surface area contributed by atoms with E-state index in [0.717, 1.165) is 25.9 Å². The highest BCUT2D eigenvalue weighted by molar-refractivity contribution is 5.74. The molecule has 3 heterocycles. The second-order valence-electron chi connectivity index (χ2n) is 6.56. The number of para-hydroxylation sites is 1. The van der Waals surface area contributed by atoms with E-state index in [4.69, 9.17) is 0 Å². The Bertz CT molecular complexity index is 924. The van der Waals surface area contributed by atoms with Crippen LogP contribution in [-0.2, 0) is 7.05 Å². The Morgan fingerprint density at radius 3 is 2.64 bits per heavy atom. The number of piperidine rings is 1. The Hall–Kier alpha value is -2.83. The minimum absolute atomic E-state index is 0.128. The van der Waals surface area contributed by atoms with E-state index in [-0.39, 0.29) is 5.56 Å². The maximum Gasteiger partial charge on any atom is 0.263 e. The standard InChI is InChI=1S/C18H22N6O/c1-22(13-6-4-3-5-7-13)14-8-10-24(11-9-14)18-20-16-15(17(25)21-18)12-19-23(16)2/h3-7,12,14H,8-11H2,1-2H3,(H,20,21,25). The quantitative estimate of drug-likeness (QED) is 0.788. The number of aryl methyl sites for hydroxylation is 1. The van der Waals surface area contributed by atoms with E-state index in [1.54, 1.807) is 17.9 Å². The van der Waals surface area contributed by atoms with Gasteiger partial charge in [0.05, 0.1) is 6.20 Å². The van der Waals surface area contributed by atoms with Crippen molar-refractivity contribution in [3.63, 3.8) is 0 Å². The molecule has 0 spiro atoms. The molecule has 7 nitrogen and oxygen atoms in total. The normalized spacial score (nSPS) is 15.7. The molecule has 4 rings (SSSR count). The number of hydrogen-bond acceptors (Lipinski definition) is 5. The summed E-state index contributed by atoms with van der Waals surface area (Å²) in [6.07, 6.45) is 3.61. The molecule has 1 N–H and O–H groups in total. The maximum absolute atomic E-state index is 12.2. The monoisotopic (exact) mass is 338 g/mol. The van der Waals surface area contributed by atoms with Gasteiger partial charge in [-0.1, -0.05) is 18.2 Å². The lowest BCUT2D eigenvalue weighted by Gasteiger charge is -2.38. The number of H-pyrrole nitrogens is 1. The number of rotatable bonds is 3. The first-order valence-electron chi connectivity index (χ1n) is 8.58. The Balaban J connectivity index is 1.50. The van der Waals surface area contributed by atoms with Crippen molar-refractivity contribution in [3.05, 3.63) is 46.9 Å². The molecule has 3 aromatic rings. The number of nitrogens with zero attached hydrogens (tertiary/aromatic N) is 5. The van der Waals surface area contributed by atoms with Gasteiger partial charge >= 0.3 is 0 Å². The van der Waals surface area contributed by atoms with Gasteiger partial charge in [0.15, 0.2) is 5.65 Å². The number of hydrogen-bond donors (Lipinski definition) is 1. The number of aromatic nitrogens is 4. The molecule has 1 saturated heterocycles. The van der Waals surface area contributed by atoms with Crippen LogP contribution in [0.2, 0.25) is 0 Å². The third-order valence-corrected chi connectivity index (χ3v) is 5.06. The SMILES string of the molecule is CN(c1ccccc1)C1CCN(c2nc3c(cnn3C)c(=O)[nH]2)CC1. The van der Waals surface area contributed by atoms with Crippen LogP contribution in [0.4, 0.5) is 11.6 Å². The molecule has 0 radical (unpaired) electrons. The molecule has 0 bridgehead atoms. The average Bonchev–Trinajstić information content (AvgIpc) is 3.04. The van der Waals surface area contributed by atoms with E-state index < -0.39 is 0 Å². The van der Waals surface area contributed by atoms with Crippen LogP contribution in [0.1, 0.15) is 12.8 Å². The largest absolute Gasteiger partial charge is 0.371 e. The topological polar surface area (TPSA) is 70.1 Å². The summed E-state index contributed by atoms with van der Waals surface area (Å²) in [4.78, 5) is 24.2. The summed E-state index contributed by atoms with van der Waals surface area (Å²) in [6, 6.07) is 10.9. The van der Waals surface area contributed by atoms with E-state index in [1.807, 2.05) is 6.07 Å². The maximum atomic E-state index is 12.2. The lowest BCUT2D eigenvalue weighted by molar-refractivity contribution is 0.477. The van der Waals surface area contributed by atoms with Crippen LogP contribution in [0, 0.1) is 0 Å². The molecule has 1 fully saturated rings. The number of fused-ring (bicyclic) bond motifs is 1. The fraction of sp³-hybridized carbons (Fsp3) is 0.389. The highest BCUT2D eigenvalue weighted by Crippen LogP contribution is 2.23. The first-order valence-corrected chi connectivity index (χ1v) is 8.58. The molecule has 1 aromatic carbocycles. The minimum atomic E-state index is -0.128. The minimum Gasteiger partial charge on any atom is -0.371 e. The van der Waals surface area contributed by atoms with E-state index in [0.29, 0.717) is 23.0 Å². The third-order valence-electron chi connectivity index (χ3n) is 5.06. The van der Waals surface area contributed by atoms with Gasteiger partial charge < -0.3 is 9.80 Å². The Labute approximate surface area is 145 Å². The summed E-state index contributed by atoms with van der Waals surface area (Å²) < 4.78 is 1.64. The van der Waals surface area contributed by atoms with Crippen LogP contribution in [0.5, 0.6) is 0 Å². The number of benzene rings is 1. The van der Waals surface area contributed by atoms with E-state index in [1.165, 1.54) is 5.69 Å². The van der Waals surface area contributed by atoms with Crippen molar-refractivity contribution < 1.29 is 0 Å². The molecule has 130 valence electrons. The zero-order chi connectivity index (χ0) is 17.4. The van der Waals surface area contributed by atoms with Gasteiger partial charge in [-0.15, -0.1) is 0 Å². The highest BCUT2D eigenvalue weighted by atomic mass is 16.1. The van der Waals surface area contributed by atoms with Gasteiger partial charge in [-0.25, -0.2) is 0 Å². The summed E-state index contributed by atoms with van der Waals surface area (Å²) in [7, 11) is 3.96. The van der Waals surface area contributed by atoms with Gasteiger partial charge in [0.2, 0.25) is 5.95 Å². The van der Waals surface area contributed by atoms with Crippen LogP contribution < -0.4 is 15.4 Å². The predicted octanol–water partition coefficient (Wildman–Crippen LogP) is 1.76. The smallest absolute Gasteiger partial charge is 0.263 e. The predicted molar refractivity (Wildman–Crippen MR) is 99.2 cm³/mol. The molecule has 2 aromatic heterocycles. The molecule has 0 unspecified atom stereocenters. The summed E-state index contributed by atoms with van der Waals surface area (Å²) in [5.74, 6) is 0.641. The average molecular weight is 338 g/mol. The van der Waals surface area contributed by atoms with Crippen molar-refractivity contribution in [1.29, 1.82) is 0 Å². The molecular formula is C18H22N6O. The summed E-state index contributed by atoms with van der Waals surface area (Å²) in [5.41, 5.74) is 1.74. The van der Waals surface area contributed by atoms with Crippen molar-refractivity contribution in [2.45, 2.75) is 18.9 Å². The van der Waals surface area contributed by atoms with Crippen molar-refractivity contribution in [2.24, 2.45) is 7.05 Å². The van der Waals surface area contributed by atoms with E-state index >= 15 is 0 Å². The highest BCUT2D eigenvalue weighted by Gasteiger charge is 2.24. The number of anilines is 2. The molecule has 1 aliphatic heterocycles. The first kappa shape index (κ1) is 15.7. The second-order valence-corrected chi connectivity index (χ2v) is 6.56. The zero-order valence-electron chi connectivity index (χ0n) is 14.5. The van der Waals surface area contributed by atoms with Gasteiger partial charge in [-0.3, -0.25) is 14.5 Å². The molecule has 0 saturated carbocycles. The fourth-order valence-electron chi connectivity index (χ4n) is 3.51. The van der Waals surface area contributed by atoms with Gasteiger partial charge in [0.1, 0.15) is 5.39 Å².